The first kappa shape index (κ1) is 16.2. The van der Waals surface area contributed by atoms with Crippen molar-refractivity contribution in [3.8, 4) is 0 Å². The van der Waals surface area contributed by atoms with E-state index in [1.165, 1.54) is 24.3 Å². The van der Waals surface area contributed by atoms with Gasteiger partial charge >= 0.3 is 6.18 Å². The van der Waals surface area contributed by atoms with E-state index in [1.807, 2.05) is 0 Å². The Morgan fingerprint density at radius 3 is 2.38 bits per heavy atom. The Labute approximate surface area is 134 Å². The minimum absolute atomic E-state index is 0.0151. The molecule has 1 amide bonds. The molecule has 0 spiro atoms. The number of carbonyl (C=O) groups is 2. The second-order valence-corrected chi connectivity index (χ2v) is 5.43. The minimum atomic E-state index is -4.57. The molecule has 3 nitrogen and oxygen atoms in total. The van der Waals surface area contributed by atoms with Gasteiger partial charge in [0, 0.05) is 5.69 Å². The molecule has 0 radical (unpaired) electrons. The number of hydrogen-bond acceptors (Lipinski definition) is 2. The van der Waals surface area contributed by atoms with Crippen molar-refractivity contribution >= 4 is 17.4 Å². The third kappa shape index (κ3) is 2.89. The number of carbonyl (C=O) groups excluding carboxylic acids is 2. The maximum absolute atomic E-state index is 13.3. The average Bonchev–Trinajstić information content (AvgIpc) is 2.81. The molecule has 124 valence electrons. The Bertz CT molecular complexity index is 816. The lowest BCUT2D eigenvalue weighted by Gasteiger charge is -2.16. The minimum Gasteiger partial charge on any atom is -0.304 e. The molecule has 1 heterocycles. The van der Waals surface area contributed by atoms with Crippen LogP contribution in [0.2, 0.25) is 0 Å². The lowest BCUT2D eigenvalue weighted by atomic mass is 9.95. The number of Topliss-reactive ketones (excluding diaryl/α,β-unsaturated/α-hetero) is 1. The van der Waals surface area contributed by atoms with Gasteiger partial charge in [-0.3, -0.25) is 9.59 Å². The van der Waals surface area contributed by atoms with E-state index in [4.69, 9.17) is 0 Å². The SMILES string of the molecule is O=C1CN(c2cccc(F)c2)C(=O)C1c1cccc(C(F)(F)F)c1. The first-order valence-electron chi connectivity index (χ1n) is 7.04. The highest BCUT2D eigenvalue weighted by Crippen LogP contribution is 2.34. The summed E-state index contributed by atoms with van der Waals surface area (Å²) >= 11 is 0. The number of halogens is 4. The van der Waals surface area contributed by atoms with Gasteiger partial charge in [0.1, 0.15) is 11.7 Å². The molecule has 1 unspecified atom stereocenters. The number of alkyl halides is 3. The number of amides is 1. The van der Waals surface area contributed by atoms with Crippen molar-refractivity contribution in [2.24, 2.45) is 0 Å². The maximum Gasteiger partial charge on any atom is 0.416 e. The van der Waals surface area contributed by atoms with Crippen LogP contribution in [-0.2, 0) is 15.8 Å². The largest absolute Gasteiger partial charge is 0.416 e. The van der Waals surface area contributed by atoms with Crippen LogP contribution in [0.25, 0.3) is 0 Å². The molecule has 2 aromatic rings. The quantitative estimate of drug-likeness (QED) is 0.621. The lowest BCUT2D eigenvalue weighted by molar-refractivity contribution is -0.138. The molecule has 0 saturated carbocycles. The number of hydrogen-bond donors (Lipinski definition) is 0. The van der Waals surface area contributed by atoms with E-state index < -0.39 is 35.2 Å². The molecule has 7 heteroatoms. The van der Waals surface area contributed by atoms with E-state index in [0.29, 0.717) is 0 Å². The topological polar surface area (TPSA) is 37.4 Å². The van der Waals surface area contributed by atoms with Gasteiger partial charge in [-0.05, 0) is 29.8 Å². The van der Waals surface area contributed by atoms with Gasteiger partial charge < -0.3 is 4.90 Å². The number of anilines is 1. The van der Waals surface area contributed by atoms with Crippen LogP contribution in [-0.4, -0.2) is 18.2 Å². The molecule has 1 saturated heterocycles. The Morgan fingerprint density at radius 2 is 1.71 bits per heavy atom. The van der Waals surface area contributed by atoms with Gasteiger partial charge in [0.15, 0.2) is 5.78 Å². The van der Waals surface area contributed by atoms with Crippen molar-refractivity contribution < 1.29 is 27.2 Å². The molecule has 1 atom stereocenters. The van der Waals surface area contributed by atoms with Crippen molar-refractivity contribution in [1.82, 2.24) is 0 Å². The first-order valence-corrected chi connectivity index (χ1v) is 7.04. The van der Waals surface area contributed by atoms with E-state index in [2.05, 4.69) is 0 Å². The summed E-state index contributed by atoms with van der Waals surface area (Å²) in [4.78, 5) is 25.7. The highest BCUT2D eigenvalue weighted by atomic mass is 19.4. The number of benzene rings is 2. The molecule has 1 aliphatic rings. The van der Waals surface area contributed by atoms with E-state index >= 15 is 0 Å². The van der Waals surface area contributed by atoms with Gasteiger partial charge in [-0.25, -0.2) is 4.39 Å². The van der Waals surface area contributed by atoms with E-state index in [-0.39, 0.29) is 17.8 Å². The number of nitrogens with zero attached hydrogens (tertiary/aromatic N) is 1. The van der Waals surface area contributed by atoms with Crippen LogP contribution in [0, 0.1) is 5.82 Å². The summed E-state index contributed by atoms with van der Waals surface area (Å²) in [5.74, 6) is -3.07. The lowest BCUT2D eigenvalue weighted by Crippen LogP contribution is -2.26. The van der Waals surface area contributed by atoms with Crippen molar-refractivity contribution in [1.29, 1.82) is 0 Å². The van der Waals surface area contributed by atoms with Gasteiger partial charge in [0.25, 0.3) is 0 Å². The smallest absolute Gasteiger partial charge is 0.304 e. The maximum atomic E-state index is 13.3. The molecule has 2 aromatic carbocycles. The van der Waals surface area contributed by atoms with Crippen LogP contribution < -0.4 is 4.90 Å². The van der Waals surface area contributed by atoms with Crippen molar-refractivity contribution in [2.75, 3.05) is 11.4 Å². The fourth-order valence-corrected chi connectivity index (χ4v) is 2.70. The molecular formula is C17H11F4NO2. The van der Waals surface area contributed by atoms with Crippen LogP contribution >= 0.6 is 0 Å². The molecule has 24 heavy (non-hydrogen) atoms. The van der Waals surface area contributed by atoms with Gasteiger partial charge in [0.05, 0.1) is 12.1 Å². The first-order chi connectivity index (χ1) is 11.3. The number of rotatable bonds is 2. The van der Waals surface area contributed by atoms with Crippen LogP contribution in [0.15, 0.2) is 48.5 Å². The zero-order valence-electron chi connectivity index (χ0n) is 12.2. The predicted octanol–water partition coefficient (Wildman–Crippen LogP) is 3.54. The average molecular weight is 337 g/mol. The van der Waals surface area contributed by atoms with E-state index in [9.17, 15) is 27.2 Å². The monoisotopic (exact) mass is 337 g/mol. The third-order valence-corrected chi connectivity index (χ3v) is 3.82. The summed E-state index contributed by atoms with van der Waals surface area (Å²) < 4.78 is 51.7. The predicted molar refractivity (Wildman–Crippen MR) is 77.9 cm³/mol. The van der Waals surface area contributed by atoms with Gasteiger partial charge in [-0.1, -0.05) is 24.3 Å². The molecule has 3 rings (SSSR count). The second-order valence-electron chi connectivity index (χ2n) is 5.43. The molecular weight excluding hydrogens is 326 g/mol. The summed E-state index contributed by atoms with van der Waals surface area (Å²) in [5, 5.41) is 0. The van der Waals surface area contributed by atoms with Crippen LogP contribution in [0.3, 0.4) is 0 Å². The summed E-state index contributed by atoms with van der Waals surface area (Å²) in [6.45, 7) is -0.302. The molecule has 0 bridgehead atoms. The van der Waals surface area contributed by atoms with Crippen molar-refractivity contribution in [2.45, 2.75) is 12.1 Å². The fourth-order valence-electron chi connectivity index (χ4n) is 2.70. The Morgan fingerprint density at radius 1 is 1.00 bits per heavy atom. The molecule has 1 aliphatic heterocycles. The summed E-state index contributed by atoms with van der Waals surface area (Å²) in [6.07, 6.45) is -4.57. The van der Waals surface area contributed by atoms with E-state index in [0.717, 1.165) is 29.2 Å². The Balaban J connectivity index is 1.96. The zero-order chi connectivity index (χ0) is 17.5. The third-order valence-electron chi connectivity index (χ3n) is 3.82. The van der Waals surface area contributed by atoms with Gasteiger partial charge in [-0.2, -0.15) is 13.2 Å². The van der Waals surface area contributed by atoms with Crippen LogP contribution in [0.1, 0.15) is 17.0 Å². The van der Waals surface area contributed by atoms with Crippen molar-refractivity contribution in [3.63, 3.8) is 0 Å². The molecule has 0 N–H and O–H groups in total. The van der Waals surface area contributed by atoms with Gasteiger partial charge in [-0.15, -0.1) is 0 Å². The zero-order valence-corrected chi connectivity index (χ0v) is 12.2. The fraction of sp³-hybridized carbons (Fsp3) is 0.176. The second kappa shape index (κ2) is 5.74. The Kier molecular flexibility index (Phi) is 3.87. The summed E-state index contributed by atoms with van der Waals surface area (Å²) in [6, 6.07) is 9.28. The standard InChI is InChI=1S/C17H11F4NO2/c18-12-5-2-6-13(8-12)22-9-14(23)15(16(22)24)10-3-1-4-11(7-10)17(19,20)21/h1-8,15H,9H2. The highest BCUT2D eigenvalue weighted by molar-refractivity contribution is 6.21. The van der Waals surface area contributed by atoms with Crippen LogP contribution in [0.5, 0.6) is 0 Å². The van der Waals surface area contributed by atoms with Crippen LogP contribution in [0.4, 0.5) is 23.2 Å². The molecule has 1 fully saturated rings. The Hall–Kier alpha value is -2.70. The molecule has 0 aliphatic carbocycles. The van der Waals surface area contributed by atoms with Crippen molar-refractivity contribution in [3.05, 3.63) is 65.5 Å². The highest BCUT2D eigenvalue weighted by Gasteiger charge is 2.42. The summed E-state index contributed by atoms with van der Waals surface area (Å²) in [7, 11) is 0. The number of ketones is 1. The van der Waals surface area contributed by atoms with Gasteiger partial charge in [0.2, 0.25) is 5.91 Å². The normalized spacial score (nSPS) is 18.3. The molecule has 0 aromatic heterocycles. The van der Waals surface area contributed by atoms with E-state index in [1.54, 1.807) is 0 Å². The summed E-state index contributed by atoms with van der Waals surface area (Å²) in [5.41, 5.74) is -0.744.